The van der Waals surface area contributed by atoms with Gasteiger partial charge in [-0.15, -0.1) is 0 Å². The van der Waals surface area contributed by atoms with Crippen LogP contribution >= 0.6 is 0 Å². The predicted octanol–water partition coefficient (Wildman–Crippen LogP) is -0.806. The van der Waals surface area contributed by atoms with Gasteiger partial charge in [0.05, 0.1) is 6.61 Å². The highest BCUT2D eigenvalue weighted by Crippen LogP contribution is 2.51. The second-order valence-corrected chi connectivity index (χ2v) is 5.33. The SMILES string of the molecule is Nc1ccn([C@@H]2O[C@@](CO)(C3CC3)[C@@H](O)[C@@H]2F)c(=O)n1. The summed E-state index contributed by atoms with van der Waals surface area (Å²) in [4.78, 5) is 15.3. The second-order valence-electron chi connectivity index (χ2n) is 5.33. The quantitative estimate of drug-likeness (QED) is 0.670. The van der Waals surface area contributed by atoms with E-state index in [1.807, 2.05) is 0 Å². The first-order chi connectivity index (χ1) is 9.49. The standard InChI is InChI=1S/C12H16FN3O4/c13-8-9(18)12(5-17,6-1-2-6)20-10(8)16-4-3-7(14)15-11(16)19/h3-4,6,8-10,17-18H,1-2,5H2,(H2,14,15,19)/t8-,9-,10+,12-/m0/s1. The number of rotatable bonds is 3. The first-order valence-electron chi connectivity index (χ1n) is 6.45. The lowest BCUT2D eigenvalue weighted by atomic mass is 9.91. The zero-order valence-corrected chi connectivity index (χ0v) is 10.6. The molecule has 0 unspecified atom stereocenters. The van der Waals surface area contributed by atoms with Gasteiger partial charge in [0, 0.05) is 6.20 Å². The van der Waals surface area contributed by atoms with Crippen molar-refractivity contribution in [2.45, 2.75) is 36.9 Å². The lowest BCUT2D eigenvalue weighted by Crippen LogP contribution is -2.47. The summed E-state index contributed by atoms with van der Waals surface area (Å²) in [5.74, 6) is -0.0704. The number of aliphatic hydroxyl groups is 2. The molecule has 2 aliphatic rings. The van der Waals surface area contributed by atoms with Crippen LogP contribution in [0.3, 0.4) is 0 Å². The van der Waals surface area contributed by atoms with Crippen LogP contribution in [0.2, 0.25) is 0 Å². The van der Waals surface area contributed by atoms with E-state index in [0.717, 1.165) is 17.4 Å². The Hall–Kier alpha value is -1.51. The van der Waals surface area contributed by atoms with Gasteiger partial charge in [0.15, 0.2) is 12.4 Å². The van der Waals surface area contributed by atoms with Gasteiger partial charge in [0.1, 0.15) is 17.5 Å². The minimum Gasteiger partial charge on any atom is -0.393 e. The van der Waals surface area contributed by atoms with E-state index >= 15 is 0 Å². The van der Waals surface area contributed by atoms with Crippen LogP contribution in [0.1, 0.15) is 19.1 Å². The zero-order chi connectivity index (χ0) is 14.5. The number of nitrogens with zero attached hydrogens (tertiary/aromatic N) is 2. The molecule has 1 aromatic heterocycles. The van der Waals surface area contributed by atoms with Crippen molar-refractivity contribution in [1.29, 1.82) is 0 Å². The maximum Gasteiger partial charge on any atom is 0.351 e. The van der Waals surface area contributed by atoms with Crippen LogP contribution < -0.4 is 11.4 Å². The smallest absolute Gasteiger partial charge is 0.351 e. The maximum absolute atomic E-state index is 14.3. The highest BCUT2D eigenvalue weighted by Gasteiger charge is 2.62. The molecule has 1 aliphatic heterocycles. The van der Waals surface area contributed by atoms with Crippen molar-refractivity contribution in [3.8, 4) is 0 Å². The van der Waals surface area contributed by atoms with Crippen LogP contribution in [0.5, 0.6) is 0 Å². The molecule has 2 fully saturated rings. The average Bonchev–Trinajstić information content (AvgIpc) is 3.22. The Morgan fingerprint density at radius 3 is 2.85 bits per heavy atom. The molecule has 0 bridgehead atoms. The van der Waals surface area contributed by atoms with Crippen molar-refractivity contribution in [2.75, 3.05) is 12.3 Å². The summed E-state index contributed by atoms with van der Waals surface area (Å²) >= 11 is 0. The van der Waals surface area contributed by atoms with Crippen molar-refractivity contribution in [1.82, 2.24) is 9.55 Å². The molecule has 0 aromatic carbocycles. The van der Waals surface area contributed by atoms with E-state index in [4.69, 9.17) is 10.5 Å². The Balaban J connectivity index is 1.97. The highest BCUT2D eigenvalue weighted by molar-refractivity contribution is 5.23. The van der Waals surface area contributed by atoms with E-state index in [9.17, 15) is 19.4 Å². The number of anilines is 1. The van der Waals surface area contributed by atoms with Crippen LogP contribution in [-0.4, -0.2) is 44.2 Å². The summed E-state index contributed by atoms with van der Waals surface area (Å²) in [6, 6.07) is 1.35. The van der Waals surface area contributed by atoms with Gasteiger partial charge in [-0.2, -0.15) is 4.98 Å². The van der Waals surface area contributed by atoms with E-state index in [0.29, 0.717) is 0 Å². The molecule has 3 rings (SSSR count). The van der Waals surface area contributed by atoms with Crippen molar-refractivity contribution in [2.24, 2.45) is 5.92 Å². The summed E-state index contributed by atoms with van der Waals surface area (Å²) in [5.41, 5.74) is 3.28. The normalized spacial score (nSPS) is 37.2. The first-order valence-corrected chi connectivity index (χ1v) is 6.45. The molecule has 1 saturated carbocycles. The van der Waals surface area contributed by atoms with Gasteiger partial charge >= 0.3 is 5.69 Å². The fourth-order valence-corrected chi connectivity index (χ4v) is 2.78. The molecule has 0 radical (unpaired) electrons. The van der Waals surface area contributed by atoms with Crippen molar-refractivity contribution in [3.05, 3.63) is 22.7 Å². The number of alkyl halides is 1. The summed E-state index contributed by atoms with van der Waals surface area (Å²) in [7, 11) is 0. The van der Waals surface area contributed by atoms with E-state index in [2.05, 4.69) is 4.98 Å². The minimum absolute atomic E-state index is 0.0239. The zero-order valence-electron chi connectivity index (χ0n) is 10.6. The first kappa shape index (κ1) is 13.5. The number of hydrogen-bond donors (Lipinski definition) is 3. The molecule has 1 aromatic rings. The monoisotopic (exact) mass is 285 g/mol. The van der Waals surface area contributed by atoms with Gasteiger partial charge in [-0.05, 0) is 24.8 Å². The van der Waals surface area contributed by atoms with Crippen LogP contribution in [0.4, 0.5) is 10.2 Å². The lowest BCUT2D eigenvalue weighted by molar-refractivity contribution is -0.141. The fraction of sp³-hybridized carbons (Fsp3) is 0.667. The summed E-state index contributed by atoms with van der Waals surface area (Å²) in [6.07, 6.45) is -1.81. The predicted molar refractivity (Wildman–Crippen MR) is 66.5 cm³/mol. The molecular weight excluding hydrogens is 269 g/mol. The van der Waals surface area contributed by atoms with Gasteiger partial charge in [-0.1, -0.05) is 0 Å². The Labute approximate surface area is 113 Å². The Bertz CT molecular complexity index is 576. The highest BCUT2D eigenvalue weighted by atomic mass is 19.1. The minimum atomic E-state index is -1.81. The van der Waals surface area contributed by atoms with Crippen LogP contribution in [0.25, 0.3) is 0 Å². The van der Waals surface area contributed by atoms with E-state index < -0.39 is 36.4 Å². The van der Waals surface area contributed by atoms with Gasteiger partial charge in [0.25, 0.3) is 0 Å². The third-order valence-corrected chi connectivity index (χ3v) is 4.06. The number of aliphatic hydroxyl groups excluding tert-OH is 2. The molecule has 4 N–H and O–H groups in total. The Kier molecular flexibility index (Phi) is 3.03. The van der Waals surface area contributed by atoms with Gasteiger partial charge in [0.2, 0.25) is 0 Å². The van der Waals surface area contributed by atoms with Crippen molar-refractivity contribution >= 4 is 5.82 Å². The average molecular weight is 285 g/mol. The third kappa shape index (κ3) is 1.83. The molecule has 1 saturated heterocycles. The van der Waals surface area contributed by atoms with Gasteiger partial charge in [-0.25, -0.2) is 9.18 Å². The molecule has 20 heavy (non-hydrogen) atoms. The van der Waals surface area contributed by atoms with Gasteiger partial charge < -0.3 is 20.7 Å². The number of ether oxygens (including phenoxy) is 1. The molecule has 0 spiro atoms. The fourth-order valence-electron chi connectivity index (χ4n) is 2.78. The maximum atomic E-state index is 14.3. The molecule has 7 nitrogen and oxygen atoms in total. The van der Waals surface area contributed by atoms with Gasteiger partial charge in [-0.3, -0.25) is 4.57 Å². The molecule has 0 amide bonds. The van der Waals surface area contributed by atoms with E-state index in [1.54, 1.807) is 0 Å². The lowest BCUT2D eigenvalue weighted by Gasteiger charge is -2.29. The largest absolute Gasteiger partial charge is 0.393 e. The Morgan fingerprint density at radius 1 is 1.60 bits per heavy atom. The summed E-state index contributed by atoms with van der Waals surface area (Å²) < 4.78 is 20.8. The number of nitrogens with two attached hydrogens (primary N) is 1. The van der Waals surface area contributed by atoms with E-state index in [-0.39, 0.29) is 11.7 Å². The number of aromatic nitrogens is 2. The molecule has 4 atom stereocenters. The van der Waals surface area contributed by atoms with Crippen LogP contribution in [0, 0.1) is 5.92 Å². The Morgan fingerprint density at radius 2 is 2.30 bits per heavy atom. The molecular formula is C12H16FN3O4. The van der Waals surface area contributed by atoms with Crippen LogP contribution in [0.15, 0.2) is 17.1 Å². The number of halogens is 1. The number of hydrogen-bond acceptors (Lipinski definition) is 6. The molecule has 1 aliphatic carbocycles. The topological polar surface area (TPSA) is 111 Å². The summed E-state index contributed by atoms with van der Waals surface area (Å²) in [6.45, 7) is -0.493. The van der Waals surface area contributed by atoms with E-state index in [1.165, 1.54) is 12.3 Å². The molecule has 110 valence electrons. The summed E-state index contributed by atoms with van der Waals surface area (Å²) in [5, 5.41) is 19.6. The van der Waals surface area contributed by atoms with Crippen molar-refractivity contribution < 1.29 is 19.3 Å². The third-order valence-electron chi connectivity index (χ3n) is 4.06. The van der Waals surface area contributed by atoms with Crippen LogP contribution in [-0.2, 0) is 4.74 Å². The molecule has 2 heterocycles. The second kappa shape index (κ2) is 4.51. The molecule has 8 heteroatoms. The number of nitrogen functional groups attached to an aromatic ring is 1. The van der Waals surface area contributed by atoms with Crippen molar-refractivity contribution in [3.63, 3.8) is 0 Å².